The molecule has 0 spiro atoms. The van der Waals surface area contributed by atoms with E-state index in [-0.39, 0.29) is 17.6 Å². The average molecular weight is 426 g/mol. The number of benzene rings is 2. The molecule has 1 N–H and O–H groups in total. The largest absolute Gasteiger partial charge is 0.321 e. The van der Waals surface area contributed by atoms with Crippen LogP contribution in [0.5, 0.6) is 0 Å². The first kappa shape index (κ1) is 20.2. The molecule has 2 aromatic rings. The summed E-state index contributed by atoms with van der Waals surface area (Å²) in [5.74, 6) is -0.0630. The van der Waals surface area contributed by atoms with Crippen molar-refractivity contribution in [3.63, 3.8) is 0 Å². The van der Waals surface area contributed by atoms with Gasteiger partial charge >= 0.3 is 0 Å². The Bertz CT molecular complexity index is 1090. The maximum absolute atomic E-state index is 12.4. The second kappa shape index (κ2) is 8.31. The molecule has 2 aromatic carbocycles. The zero-order chi connectivity index (χ0) is 21.1. The zero-order valence-electron chi connectivity index (χ0n) is 16.5. The van der Waals surface area contributed by atoms with Crippen LogP contribution < -0.4 is 14.5 Å². The van der Waals surface area contributed by atoms with Crippen molar-refractivity contribution in [2.75, 3.05) is 33.4 Å². The molecule has 4 rings (SSSR count). The Morgan fingerprint density at radius 3 is 2.43 bits per heavy atom. The van der Waals surface area contributed by atoms with Crippen LogP contribution in [0.2, 0.25) is 0 Å². The van der Waals surface area contributed by atoms with Crippen LogP contribution >= 0.6 is 0 Å². The Balaban J connectivity index is 1.43. The summed E-state index contributed by atoms with van der Waals surface area (Å²) < 4.78 is 25.4. The number of nitrogens with zero attached hydrogens (tertiary/aromatic N) is 2. The van der Waals surface area contributed by atoms with E-state index in [0.29, 0.717) is 43.0 Å². The van der Waals surface area contributed by atoms with Crippen molar-refractivity contribution in [2.24, 2.45) is 0 Å². The van der Waals surface area contributed by atoms with Crippen molar-refractivity contribution in [3.8, 4) is 0 Å². The summed E-state index contributed by atoms with van der Waals surface area (Å²) in [7, 11) is -3.21. The lowest BCUT2D eigenvalue weighted by atomic mass is 10.2. The Kier molecular flexibility index (Phi) is 5.59. The number of carbonyl (C=O) groups excluding carboxylic acids is 2. The number of sulfonamides is 1. The van der Waals surface area contributed by atoms with Gasteiger partial charge in [-0.2, -0.15) is 0 Å². The van der Waals surface area contributed by atoms with Crippen molar-refractivity contribution in [1.29, 1.82) is 0 Å². The number of rotatable bonds is 5. The fourth-order valence-corrected chi connectivity index (χ4v) is 5.31. The number of para-hydroxylation sites is 2. The van der Waals surface area contributed by atoms with Crippen LogP contribution in [0.15, 0.2) is 54.6 Å². The van der Waals surface area contributed by atoms with Gasteiger partial charge in [0.05, 0.1) is 22.8 Å². The Morgan fingerprint density at radius 2 is 1.77 bits per heavy atom. The molecule has 2 amide bonds. The molecular formula is C22H23N3O4S. The first-order valence-corrected chi connectivity index (χ1v) is 11.5. The number of hydrogen-bond acceptors (Lipinski definition) is 4. The van der Waals surface area contributed by atoms with E-state index >= 15 is 0 Å². The normalized spacial score (nSPS) is 18.3. The Hall–Kier alpha value is -3.13. The first-order chi connectivity index (χ1) is 14.4. The molecule has 30 heavy (non-hydrogen) atoms. The molecule has 2 heterocycles. The molecule has 2 saturated heterocycles. The van der Waals surface area contributed by atoms with Crippen LogP contribution in [0.3, 0.4) is 0 Å². The van der Waals surface area contributed by atoms with E-state index in [1.54, 1.807) is 41.3 Å². The molecule has 2 aliphatic heterocycles. The Morgan fingerprint density at radius 1 is 1.00 bits per heavy atom. The van der Waals surface area contributed by atoms with Crippen LogP contribution in [-0.2, 0) is 19.6 Å². The predicted molar refractivity (Wildman–Crippen MR) is 118 cm³/mol. The van der Waals surface area contributed by atoms with Gasteiger partial charge in [-0.3, -0.25) is 13.9 Å². The maximum Gasteiger partial charge on any atom is 0.248 e. The van der Waals surface area contributed by atoms with Gasteiger partial charge in [0.25, 0.3) is 0 Å². The van der Waals surface area contributed by atoms with Crippen LogP contribution in [-0.4, -0.2) is 39.1 Å². The SMILES string of the molecule is O=C(/C=C/c1ccc(N2CCCS2(=O)=O)cc1)Nc1ccccc1N1CCCC1=O. The highest BCUT2D eigenvalue weighted by molar-refractivity contribution is 7.93. The average Bonchev–Trinajstić information content (AvgIpc) is 3.32. The molecule has 2 fully saturated rings. The van der Waals surface area contributed by atoms with E-state index in [4.69, 9.17) is 0 Å². The topological polar surface area (TPSA) is 86.8 Å². The highest BCUT2D eigenvalue weighted by atomic mass is 32.2. The van der Waals surface area contributed by atoms with Crippen LogP contribution in [0, 0.1) is 0 Å². The smallest absolute Gasteiger partial charge is 0.248 e. The van der Waals surface area contributed by atoms with Crippen LogP contribution in [0.25, 0.3) is 6.08 Å². The monoisotopic (exact) mass is 425 g/mol. The van der Waals surface area contributed by atoms with Gasteiger partial charge in [-0.1, -0.05) is 24.3 Å². The lowest BCUT2D eigenvalue weighted by Gasteiger charge is -2.19. The molecule has 0 atom stereocenters. The summed E-state index contributed by atoms with van der Waals surface area (Å²) in [5, 5.41) is 2.84. The number of hydrogen-bond donors (Lipinski definition) is 1. The van der Waals surface area contributed by atoms with Crippen molar-refractivity contribution in [1.82, 2.24) is 0 Å². The van der Waals surface area contributed by atoms with E-state index < -0.39 is 10.0 Å². The van der Waals surface area contributed by atoms with Gasteiger partial charge in [-0.25, -0.2) is 8.42 Å². The molecule has 7 nitrogen and oxygen atoms in total. The summed E-state index contributed by atoms with van der Waals surface area (Å²) in [6.45, 7) is 1.15. The predicted octanol–water partition coefficient (Wildman–Crippen LogP) is 3.01. The minimum Gasteiger partial charge on any atom is -0.321 e. The number of nitrogens with one attached hydrogen (secondary N) is 1. The van der Waals surface area contributed by atoms with E-state index in [1.165, 1.54) is 10.4 Å². The van der Waals surface area contributed by atoms with Crippen molar-refractivity contribution >= 4 is 45.0 Å². The van der Waals surface area contributed by atoms with Crippen LogP contribution in [0.1, 0.15) is 24.8 Å². The standard InChI is InChI=1S/C22H23N3O4S/c26-21(23-19-5-1-2-6-20(19)24-14-3-7-22(24)27)13-10-17-8-11-18(12-9-17)25-15-4-16-30(25,28)29/h1-2,5-6,8-13H,3-4,7,14-16H2,(H,23,26)/b13-10+. The van der Waals surface area contributed by atoms with E-state index in [0.717, 1.165) is 12.0 Å². The van der Waals surface area contributed by atoms with Crippen molar-refractivity contribution in [3.05, 3.63) is 60.2 Å². The quantitative estimate of drug-likeness (QED) is 0.746. The molecule has 0 radical (unpaired) electrons. The fourth-order valence-electron chi connectivity index (χ4n) is 3.75. The molecule has 0 saturated carbocycles. The number of carbonyl (C=O) groups is 2. The van der Waals surface area contributed by atoms with Gasteiger partial charge in [0.2, 0.25) is 21.8 Å². The number of anilines is 3. The van der Waals surface area contributed by atoms with Gasteiger partial charge in [-0.05, 0) is 48.7 Å². The third kappa shape index (κ3) is 4.23. The molecule has 0 bridgehead atoms. The van der Waals surface area contributed by atoms with Crippen LogP contribution in [0.4, 0.5) is 17.1 Å². The fraction of sp³-hybridized carbons (Fsp3) is 0.273. The third-order valence-electron chi connectivity index (χ3n) is 5.23. The summed E-state index contributed by atoms with van der Waals surface area (Å²) in [6, 6.07) is 14.3. The van der Waals surface area contributed by atoms with Gasteiger partial charge in [0.15, 0.2) is 0 Å². The molecule has 2 aliphatic rings. The van der Waals surface area contributed by atoms with Crippen molar-refractivity contribution in [2.45, 2.75) is 19.3 Å². The highest BCUT2D eigenvalue weighted by Crippen LogP contribution is 2.29. The second-order valence-corrected chi connectivity index (χ2v) is 9.33. The van der Waals surface area contributed by atoms with Crippen molar-refractivity contribution < 1.29 is 18.0 Å². The van der Waals surface area contributed by atoms with E-state index in [2.05, 4.69) is 5.32 Å². The minimum absolute atomic E-state index is 0.0624. The van der Waals surface area contributed by atoms with Gasteiger partial charge in [0, 0.05) is 25.6 Å². The Labute approximate surface area is 176 Å². The second-order valence-electron chi connectivity index (χ2n) is 7.32. The molecule has 156 valence electrons. The first-order valence-electron chi connectivity index (χ1n) is 9.93. The van der Waals surface area contributed by atoms with Gasteiger partial charge < -0.3 is 10.2 Å². The van der Waals surface area contributed by atoms with E-state index in [1.807, 2.05) is 18.2 Å². The third-order valence-corrected chi connectivity index (χ3v) is 7.10. The van der Waals surface area contributed by atoms with Gasteiger partial charge in [-0.15, -0.1) is 0 Å². The van der Waals surface area contributed by atoms with Gasteiger partial charge in [0.1, 0.15) is 0 Å². The summed E-state index contributed by atoms with van der Waals surface area (Å²) in [6.07, 6.45) is 5.06. The molecule has 0 aliphatic carbocycles. The maximum atomic E-state index is 12.4. The summed E-state index contributed by atoms with van der Waals surface area (Å²) in [4.78, 5) is 26.2. The molecule has 8 heteroatoms. The lowest BCUT2D eigenvalue weighted by molar-refractivity contribution is -0.117. The molecule has 0 aromatic heterocycles. The molecular weight excluding hydrogens is 402 g/mol. The summed E-state index contributed by atoms with van der Waals surface area (Å²) in [5.41, 5.74) is 2.72. The minimum atomic E-state index is -3.21. The number of amides is 2. The zero-order valence-corrected chi connectivity index (χ0v) is 17.3. The molecule has 0 unspecified atom stereocenters. The highest BCUT2D eigenvalue weighted by Gasteiger charge is 2.28. The summed E-state index contributed by atoms with van der Waals surface area (Å²) >= 11 is 0. The lowest BCUT2D eigenvalue weighted by Crippen LogP contribution is -2.25. The van der Waals surface area contributed by atoms with E-state index in [9.17, 15) is 18.0 Å².